The van der Waals surface area contributed by atoms with Gasteiger partial charge in [-0.2, -0.15) is 0 Å². The van der Waals surface area contributed by atoms with E-state index in [2.05, 4.69) is 6.92 Å². The summed E-state index contributed by atoms with van der Waals surface area (Å²) >= 11 is 0. The lowest BCUT2D eigenvalue weighted by Gasteiger charge is -2.11. The van der Waals surface area contributed by atoms with Crippen molar-refractivity contribution in [3.05, 3.63) is 53.6 Å². The Hall–Kier alpha value is -2.29. The molecule has 21 heavy (non-hydrogen) atoms. The first-order chi connectivity index (χ1) is 10.2. The van der Waals surface area contributed by atoms with Gasteiger partial charge in [-0.25, -0.2) is 4.79 Å². The van der Waals surface area contributed by atoms with Crippen molar-refractivity contribution in [3.63, 3.8) is 0 Å². The second-order valence-corrected chi connectivity index (χ2v) is 4.67. The first-order valence-corrected chi connectivity index (χ1v) is 7.14. The van der Waals surface area contributed by atoms with Crippen molar-refractivity contribution in [3.8, 4) is 16.9 Å². The fraction of sp³-hybridized carbons (Fsp3) is 0.278. The molecule has 0 heterocycles. The Morgan fingerprint density at radius 2 is 1.76 bits per heavy atom. The summed E-state index contributed by atoms with van der Waals surface area (Å²) in [6, 6.07) is 13.6. The van der Waals surface area contributed by atoms with Crippen molar-refractivity contribution in [1.29, 1.82) is 0 Å². The van der Waals surface area contributed by atoms with E-state index in [0.717, 1.165) is 28.9 Å². The van der Waals surface area contributed by atoms with Crippen molar-refractivity contribution >= 4 is 5.97 Å². The molecule has 0 spiro atoms. The number of carbonyl (C=O) groups is 1. The zero-order valence-corrected chi connectivity index (χ0v) is 12.7. The predicted octanol–water partition coefficient (Wildman–Crippen LogP) is 4.10. The van der Waals surface area contributed by atoms with E-state index in [4.69, 9.17) is 9.47 Å². The summed E-state index contributed by atoms with van der Waals surface area (Å²) in [6.07, 6.45) is 0.856. The average molecular weight is 284 g/mol. The zero-order valence-electron chi connectivity index (χ0n) is 12.7. The molecule has 0 aliphatic rings. The Labute approximate surface area is 125 Å². The van der Waals surface area contributed by atoms with Crippen LogP contribution in [0, 0.1) is 0 Å². The van der Waals surface area contributed by atoms with E-state index >= 15 is 0 Å². The predicted molar refractivity (Wildman–Crippen MR) is 83.8 cm³/mol. The summed E-state index contributed by atoms with van der Waals surface area (Å²) in [7, 11) is 1.65. The van der Waals surface area contributed by atoms with Crippen LogP contribution in [0.2, 0.25) is 0 Å². The van der Waals surface area contributed by atoms with E-state index in [-0.39, 0.29) is 5.97 Å². The maximum absolute atomic E-state index is 11.8. The lowest BCUT2D eigenvalue weighted by Crippen LogP contribution is -2.05. The van der Waals surface area contributed by atoms with Gasteiger partial charge in [0.1, 0.15) is 5.75 Å². The second-order valence-electron chi connectivity index (χ2n) is 4.67. The lowest BCUT2D eigenvalue weighted by molar-refractivity contribution is 0.0526. The highest BCUT2D eigenvalue weighted by Gasteiger charge is 2.11. The third-order valence-corrected chi connectivity index (χ3v) is 3.40. The summed E-state index contributed by atoms with van der Waals surface area (Å²) in [5.74, 6) is 0.563. The van der Waals surface area contributed by atoms with Gasteiger partial charge in [-0.1, -0.05) is 25.1 Å². The highest BCUT2D eigenvalue weighted by atomic mass is 16.5. The van der Waals surface area contributed by atoms with Crippen LogP contribution in [-0.2, 0) is 11.2 Å². The number of aryl methyl sites for hydroxylation is 1. The van der Waals surface area contributed by atoms with E-state index in [1.807, 2.05) is 49.4 Å². The van der Waals surface area contributed by atoms with Crippen molar-refractivity contribution < 1.29 is 14.3 Å². The monoisotopic (exact) mass is 284 g/mol. The van der Waals surface area contributed by atoms with Crippen LogP contribution >= 0.6 is 0 Å². The average Bonchev–Trinajstić information content (AvgIpc) is 2.54. The van der Waals surface area contributed by atoms with E-state index in [1.165, 1.54) is 0 Å². The Kier molecular flexibility index (Phi) is 4.99. The topological polar surface area (TPSA) is 35.5 Å². The van der Waals surface area contributed by atoms with E-state index < -0.39 is 0 Å². The first kappa shape index (κ1) is 15.1. The quantitative estimate of drug-likeness (QED) is 0.775. The Morgan fingerprint density at radius 1 is 1.05 bits per heavy atom. The van der Waals surface area contributed by atoms with E-state index in [0.29, 0.717) is 12.2 Å². The van der Waals surface area contributed by atoms with Crippen molar-refractivity contribution in [2.24, 2.45) is 0 Å². The molecule has 0 aromatic heterocycles. The van der Waals surface area contributed by atoms with E-state index in [1.54, 1.807) is 7.11 Å². The van der Waals surface area contributed by atoms with Gasteiger partial charge in [-0.3, -0.25) is 0 Å². The van der Waals surface area contributed by atoms with Gasteiger partial charge in [0.15, 0.2) is 0 Å². The van der Waals surface area contributed by atoms with Crippen LogP contribution in [-0.4, -0.2) is 19.7 Å². The summed E-state index contributed by atoms with van der Waals surface area (Å²) in [6.45, 7) is 4.28. The molecule has 0 amide bonds. The molecule has 0 saturated carbocycles. The van der Waals surface area contributed by atoms with Crippen LogP contribution in [0.5, 0.6) is 5.75 Å². The summed E-state index contributed by atoms with van der Waals surface area (Å²) in [5.41, 5.74) is 3.98. The van der Waals surface area contributed by atoms with Gasteiger partial charge in [0.25, 0.3) is 0 Å². The number of ether oxygens (including phenoxy) is 2. The van der Waals surface area contributed by atoms with E-state index in [9.17, 15) is 4.79 Å². The van der Waals surface area contributed by atoms with Gasteiger partial charge >= 0.3 is 5.97 Å². The van der Waals surface area contributed by atoms with Crippen LogP contribution in [0.3, 0.4) is 0 Å². The van der Waals surface area contributed by atoms with Gasteiger partial charge < -0.3 is 9.47 Å². The van der Waals surface area contributed by atoms with Gasteiger partial charge in [-0.05, 0) is 54.3 Å². The van der Waals surface area contributed by atoms with Crippen LogP contribution in [0.4, 0.5) is 0 Å². The lowest BCUT2D eigenvalue weighted by atomic mass is 9.96. The SMILES string of the molecule is CCOC(=O)c1ccc(-c2ccc(OC)cc2)c(CC)c1. The minimum absolute atomic E-state index is 0.270. The van der Waals surface area contributed by atoms with Crippen molar-refractivity contribution in [2.75, 3.05) is 13.7 Å². The van der Waals surface area contributed by atoms with Crippen LogP contribution in [0.15, 0.2) is 42.5 Å². The molecule has 3 heteroatoms. The number of hydrogen-bond donors (Lipinski definition) is 0. The van der Waals surface area contributed by atoms with Crippen molar-refractivity contribution in [2.45, 2.75) is 20.3 Å². The van der Waals surface area contributed by atoms with Crippen LogP contribution in [0.1, 0.15) is 29.8 Å². The smallest absolute Gasteiger partial charge is 0.338 e. The highest BCUT2D eigenvalue weighted by molar-refractivity contribution is 5.90. The molecule has 0 atom stereocenters. The number of carbonyl (C=O) groups excluding carboxylic acids is 1. The maximum atomic E-state index is 11.8. The van der Waals surface area contributed by atoms with Gasteiger partial charge in [0.05, 0.1) is 19.3 Å². The minimum atomic E-state index is -0.270. The number of benzene rings is 2. The molecule has 0 fully saturated rings. The molecule has 0 unspecified atom stereocenters. The molecule has 0 aliphatic heterocycles. The zero-order chi connectivity index (χ0) is 15.2. The molecule has 0 aliphatic carbocycles. The number of esters is 1. The molecule has 110 valence electrons. The third kappa shape index (κ3) is 3.43. The van der Waals surface area contributed by atoms with Gasteiger partial charge in [0.2, 0.25) is 0 Å². The third-order valence-electron chi connectivity index (χ3n) is 3.40. The molecular formula is C18H20O3. The summed E-state index contributed by atoms with van der Waals surface area (Å²) in [4.78, 5) is 11.8. The molecule has 2 aromatic rings. The largest absolute Gasteiger partial charge is 0.497 e. The second kappa shape index (κ2) is 6.93. The summed E-state index contributed by atoms with van der Waals surface area (Å²) < 4.78 is 10.2. The first-order valence-electron chi connectivity index (χ1n) is 7.14. The molecule has 0 N–H and O–H groups in total. The Bertz CT molecular complexity index is 615. The Morgan fingerprint density at radius 3 is 2.33 bits per heavy atom. The number of hydrogen-bond acceptors (Lipinski definition) is 3. The van der Waals surface area contributed by atoms with Crippen LogP contribution in [0.25, 0.3) is 11.1 Å². The summed E-state index contributed by atoms with van der Waals surface area (Å²) in [5, 5.41) is 0. The number of methoxy groups -OCH3 is 1. The van der Waals surface area contributed by atoms with Crippen molar-refractivity contribution in [1.82, 2.24) is 0 Å². The molecule has 2 rings (SSSR count). The maximum Gasteiger partial charge on any atom is 0.338 e. The molecule has 2 aromatic carbocycles. The molecule has 0 radical (unpaired) electrons. The highest BCUT2D eigenvalue weighted by Crippen LogP contribution is 2.27. The van der Waals surface area contributed by atoms with Gasteiger partial charge in [0, 0.05) is 0 Å². The fourth-order valence-electron chi connectivity index (χ4n) is 2.28. The molecular weight excluding hydrogens is 264 g/mol. The Balaban J connectivity index is 2.37. The molecule has 0 bridgehead atoms. The number of rotatable bonds is 5. The standard InChI is InChI=1S/C18H20O3/c1-4-13-12-15(18(19)21-5-2)8-11-17(13)14-6-9-16(20-3)10-7-14/h6-12H,4-5H2,1-3H3. The fourth-order valence-corrected chi connectivity index (χ4v) is 2.28. The van der Waals surface area contributed by atoms with Gasteiger partial charge in [-0.15, -0.1) is 0 Å². The van der Waals surface area contributed by atoms with Crippen LogP contribution < -0.4 is 4.74 Å². The molecule has 0 saturated heterocycles. The normalized spacial score (nSPS) is 10.2. The minimum Gasteiger partial charge on any atom is -0.497 e. The molecule has 3 nitrogen and oxygen atoms in total.